The molecule has 0 amide bonds. The number of aromatic amines is 2. The van der Waals surface area contributed by atoms with Crippen LogP contribution in [-0.4, -0.2) is 19.9 Å². The number of aromatic nitrogens is 3. The zero-order chi connectivity index (χ0) is 23.6. The minimum atomic E-state index is -0.525. The minimum absolute atomic E-state index is 0.00522. The van der Waals surface area contributed by atoms with Crippen LogP contribution in [0.15, 0.2) is 29.2 Å². The van der Waals surface area contributed by atoms with Crippen molar-refractivity contribution in [1.82, 2.24) is 9.55 Å². The SMILES string of the molecule is Cc1c(CC(C)CC(S)S)n(-c2[nH]c3cc4c(cc3[nH+]2)C(C)(C)C(=O)C4(C)C)ccc1=O. The molecule has 0 fully saturated rings. The fraction of sp³-hybridized carbons (Fsp3) is 0.480. The van der Waals surface area contributed by atoms with E-state index in [0.29, 0.717) is 5.92 Å². The van der Waals surface area contributed by atoms with Crippen LogP contribution in [0.25, 0.3) is 17.0 Å². The molecule has 7 heteroatoms. The van der Waals surface area contributed by atoms with E-state index in [9.17, 15) is 9.59 Å². The van der Waals surface area contributed by atoms with Crippen LogP contribution in [0.4, 0.5) is 0 Å². The summed E-state index contributed by atoms with van der Waals surface area (Å²) in [6, 6.07) is 5.80. The van der Waals surface area contributed by atoms with Crippen LogP contribution < -0.4 is 10.4 Å². The van der Waals surface area contributed by atoms with Crippen LogP contribution in [0.3, 0.4) is 0 Å². The van der Waals surface area contributed by atoms with Crippen LogP contribution in [-0.2, 0) is 22.0 Å². The molecule has 170 valence electrons. The van der Waals surface area contributed by atoms with Gasteiger partial charge in [-0.3, -0.25) is 9.59 Å². The number of Topliss-reactive ketones (excluding diaryl/α,β-unsaturated/α-hetero) is 1. The van der Waals surface area contributed by atoms with Gasteiger partial charge in [-0.2, -0.15) is 25.3 Å². The van der Waals surface area contributed by atoms with Crippen molar-refractivity contribution in [2.24, 2.45) is 5.92 Å². The molecule has 1 aliphatic carbocycles. The second-order valence-electron chi connectivity index (χ2n) is 10.3. The first-order valence-corrected chi connectivity index (χ1v) is 12.1. The molecule has 5 nitrogen and oxygen atoms in total. The molecule has 3 aromatic rings. The van der Waals surface area contributed by atoms with Gasteiger partial charge in [0.2, 0.25) is 0 Å². The largest absolute Gasteiger partial charge is 0.365 e. The molecule has 0 spiro atoms. The molecule has 4 rings (SSSR count). The molecule has 0 radical (unpaired) electrons. The average molecular weight is 471 g/mol. The van der Waals surface area contributed by atoms with E-state index >= 15 is 0 Å². The predicted molar refractivity (Wildman–Crippen MR) is 135 cm³/mol. The van der Waals surface area contributed by atoms with Gasteiger partial charge in [-0.1, -0.05) is 6.92 Å². The number of hydrogen-bond donors (Lipinski definition) is 3. The maximum atomic E-state index is 13.0. The van der Waals surface area contributed by atoms with E-state index in [0.717, 1.165) is 52.2 Å². The normalized spacial score (nSPS) is 17.8. The summed E-state index contributed by atoms with van der Waals surface area (Å²) >= 11 is 8.81. The highest BCUT2D eigenvalue weighted by molar-refractivity contribution is 7.99. The number of carbonyl (C=O) groups excluding carboxylic acids is 1. The van der Waals surface area contributed by atoms with Crippen molar-refractivity contribution in [2.75, 3.05) is 0 Å². The zero-order valence-electron chi connectivity index (χ0n) is 19.5. The maximum Gasteiger partial charge on any atom is 0.365 e. The third kappa shape index (κ3) is 3.63. The first kappa shape index (κ1) is 23.2. The summed E-state index contributed by atoms with van der Waals surface area (Å²) in [6.45, 7) is 12.0. The lowest BCUT2D eigenvalue weighted by atomic mass is 9.80. The van der Waals surface area contributed by atoms with Crippen LogP contribution in [0.1, 0.15) is 63.4 Å². The van der Waals surface area contributed by atoms with Crippen molar-refractivity contribution in [3.8, 4) is 5.95 Å². The zero-order valence-corrected chi connectivity index (χ0v) is 21.3. The highest BCUT2D eigenvalue weighted by atomic mass is 32.2. The second-order valence-corrected chi connectivity index (χ2v) is 11.9. The Morgan fingerprint density at radius 1 is 1.09 bits per heavy atom. The Hall–Kier alpha value is -1.99. The highest BCUT2D eigenvalue weighted by Crippen LogP contribution is 2.47. The third-order valence-corrected chi connectivity index (χ3v) is 7.43. The molecule has 0 aliphatic heterocycles. The molecular weight excluding hydrogens is 438 g/mol. The summed E-state index contributed by atoms with van der Waals surface area (Å²) in [5.74, 6) is 1.36. The number of ketones is 1. The topological polar surface area (TPSA) is 69.0 Å². The van der Waals surface area contributed by atoms with Gasteiger partial charge in [-0.25, -0.2) is 14.5 Å². The lowest BCUT2D eigenvalue weighted by Gasteiger charge is -2.21. The van der Waals surface area contributed by atoms with E-state index in [2.05, 4.69) is 54.3 Å². The number of pyridine rings is 1. The van der Waals surface area contributed by atoms with Gasteiger partial charge >= 0.3 is 5.95 Å². The third-order valence-electron chi connectivity index (χ3n) is 7.01. The summed E-state index contributed by atoms with van der Waals surface area (Å²) in [6.07, 6.45) is 3.41. The molecule has 0 bridgehead atoms. The van der Waals surface area contributed by atoms with Gasteiger partial charge in [0.1, 0.15) is 11.0 Å². The van der Waals surface area contributed by atoms with Crippen LogP contribution in [0, 0.1) is 12.8 Å². The van der Waals surface area contributed by atoms with Crippen molar-refractivity contribution >= 4 is 42.1 Å². The van der Waals surface area contributed by atoms with Crippen LogP contribution >= 0.6 is 25.3 Å². The summed E-state index contributed by atoms with van der Waals surface area (Å²) in [5, 5.41) is 0. The Labute approximate surface area is 199 Å². The Morgan fingerprint density at radius 2 is 1.72 bits per heavy atom. The minimum Gasteiger partial charge on any atom is -0.298 e. The number of fused-ring (bicyclic) bond motifs is 2. The van der Waals surface area contributed by atoms with Gasteiger partial charge in [0.15, 0.2) is 11.2 Å². The van der Waals surface area contributed by atoms with Gasteiger partial charge in [-0.15, -0.1) is 0 Å². The van der Waals surface area contributed by atoms with Gasteiger partial charge < -0.3 is 0 Å². The number of rotatable bonds is 5. The monoisotopic (exact) mass is 470 g/mol. The smallest absolute Gasteiger partial charge is 0.298 e. The van der Waals surface area contributed by atoms with Gasteiger partial charge in [-0.05, 0) is 70.2 Å². The van der Waals surface area contributed by atoms with Gasteiger partial charge in [0.05, 0.1) is 11.9 Å². The Bertz CT molecular complexity index is 1230. The van der Waals surface area contributed by atoms with E-state index in [1.807, 2.05) is 45.4 Å². The number of hydrogen-bond acceptors (Lipinski definition) is 4. The number of carbonyl (C=O) groups is 1. The fourth-order valence-electron chi connectivity index (χ4n) is 5.19. The average Bonchev–Trinajstić information content (AvgIpc) is 3.16. The summed E-state index contributed by atoms with van der Waals surface area (Å²) in [7, 11) is 0. The Morgan fingerprint density at radius 3 is 2.34 bits per heavy atom. The van der Waals surface area contributed by atoms with Gasteiger partial charge in [0, 0.05) is 33.5 Å². The number of thiol groups is 2. The summed E-state index contributed by atoms with van der Waals surface area (Å²) in [4.78, 5) is 32.4. The molecule has 0 saturated carbocycles. The molecule has 0 saturated heterocycles. The first-order valence-electron chi connectivity index (χ1n) is 11.1. The molecule has 1 unspecified atom stereocenters. The van der Waals surface area contributed by atoms with E-state index < -0.39 is 10.8 Å². The standard InChI is InChI=1S/C25H31N3O2S2/c1-13(10-21(31)32)9-19-14(2)20(29)7-8-28(19)23-26-17-11-15-16(12-18(17)27-23)25(5,6)22(30)24(15,3)4/h7-8,11-13,21,31-32H,9-10H2,1-6H3,(H,26,27)/p+1. The van der Waals surface area contributed by atoms with Crippen molar-refractivity contribution in [3.63, 3.8) is 0 Å². The van der Waals surface area contributed by atoms with E-state index in [1.165, 1.54) is 0 Å². The lowest BCUT2D eigenvalue weighted by molar-refractivity contribution is -0.340. The van der Waals surface area contributed by atoms with E-state index in [-0.39, 0.29) is 15.8 Å². The van der Waals surface area contributed by atoms with E-state index in [1.54, 1.807) is 6.07 Å². The fourth-order valence-corrected chi connectivity index (χ4v) is 5.91. The Balaban J connectivity index is 1.85. The molecule has 1 aromatic carbocycles. The molecule has 2 aromatic heterocycles. The number of nitrogens with zero attached hydrogens (tertiary/aromatic N) is 1. The molecule has 2 N–H and O–H groups in total. The van der Waals surface area contributed by atoms with E-state index in [4.69, 9.17) is 0 Å². The second kappa shape index (κ2) is 7.80. The van der Waals surface area contributed by atoms with Crippen LogP contribution in [0.5, 0.6) is 0 Å². The van der Waals surface area contributed by atoms with Crippen molar-refractivity contribution < 1.29 is 9.78 Å². The molecule has 1 aliphatic rings. The number of imidazole rings is 1. The van der Waals surface area contributed by atoms with Gasteiger partial charge in [0.25, 0.3) is 0 Å². The quantitative estimate of drug-likeness (QED) is 0.384. The summed E-state index contributed by atoms with van der Waals surface area (Å²) in [5.41, 5.74) is 4.73. The van der Waals surface area contributed by atoms with Crippen molar-refractivity contribution in [1.29, 1.82) is 0 Å². The lowest BCUT2D eigenvalue weighted by Crippen LogP contribution is -2.33. The predicted octanol–water partition coefficient (Wildman–Crippen LogP) is 4.33. The first-order chi connectivity index (χ1) is 14.8. The molecule has 1 atom stereocenters. The molecule has 32 heavy (non-hydrogen) atoms. The maximum absolute atomic E-state index is 13.0. The van der Waals surface area contributed by atoms with Crippen molar-refractivity contribution in [3.05, 3.63) is 57.0 Å². The number of H-pyrrole nitrogens is 2. The van der Waals surface area contributed by atoms with Crippen LogP contribution in [0.2, 0.25) is 0 Å². The Kier molecular flexibility index (Phi) is 5.65. The molecule has 2 heterocycles. The number of benzene rings is 1. The highest BCUT2D eigenvalue weighted by Gasteiger charge is 2.50. The van der Waals surface area contributed by atoms with Crippen molar-refractivity contribution in [2.45, 2.75) is 69.8 Å². The number of nitrogens with one attached hydrogen (secondary N) is 2. The summed E-state index contributed by atoms with van der Waals surface area (Å²) < 4.78 is 2.04. The molecular formula is C25H32N3O2S2+.